The van der Waals surface area contributed by atoms with Gasteiger partial charge in [0.15, 0.2) is 0 Å². The number of hydrogen-bond acceptors (Lipinski definition) is 2. The van der Waals surface area contributed by atoms with Crippen LogP contribution in [0.15, 0.2) is 16.7 Å². The van der Waals surface area contributed by atoms with Gasteiger partial charge >= 0.3 is 0 Å². The van der Waals surface area contributed by atoms with Crippen LogP contribution < -0.4 is 5.73 Å². The number of aromatic nitrogens is 2. The van der Waals surface area contributed by atoms with Gasteiger partial charge in [0.25, 0.3) is 0 Å². The van der Waals surface area contributed by atoms with Gasteiger partial charge in [0.2, 0.25) is 0 Å². The van der Waals surface area contributed by atoms with E-state index in [1.54, 1.807) is 6.20 Å². The molecule has 0 spiro atoms. The SMILES string of the molecule is Cc1cc(F)c(Br)c(-c2cn[nH]c2N)c1C. The van der Waals surface area contributed by atoms with Gasteiger partial charge < -0.3 is 5.73 Å². The van der Waals surface area contributed by atoms with Crippen molar-refractivity contribution >= 4 is 21.7 Å². The second kappa shape index (κ2) is 3.90. The molecule has 0 bridgehead atoms. The highest BCUT2D eigenvalue weighted by Crippen LogP contribution is 2.37. The number of nitrogens with two attached hydrogens (primary N) is 1. The fourth-order valence-corrected chi connectivity index (χ4v) is 2.28. The maximum Gasteiger partial charge on any atom is 0.138 e. The number of aromatic amines is 1. The summed E-state index contributed by atoms with van der Waals surface area (Å²) in [7, 11) is 0. The molecule has 0 radical (unpaired) electrons. The van der Waals surface area contributed by atoms with Crippen LogP contribution in [-0.4, -0.2) is 10.2 Å². The van der Waals surface area contributed by atoms with Gasteiger partial charge in [-0.3, -0.25) is 5.10 Å². The fraction of sp³-hybridized carbons (Fsp3) is 0.182. The fourth-order valence-electron chi connectivity index (χ4n) is 1.66. The third-order valence-corrected chi connectivity index (χ3v) is 3.45. The molecular weight excluding hydrogens is 273 g/mol. The first kappa shape index (κ1) is 11.1. The minimum Gasteiger partial charge on any atom is -0.384 e. The van der Waals surface area contributed by atoms with Crippen LogP contribution in [0, 0.1) is 19.7 Å². The summed E-state index contributed by atoms with van der Waals surface area (Å²) in [5.41, 5.74) is 9.09. The molecule has 2 aromatic rings. The first-order valence-corrected chi connectivity index (χ1v) is 5.56. The number of halogens is 2. The third kappa shape index (κ3) is 1.61. The predicted octanol–water partition coefficient (Wildman–Crippen LogP) is 3.18. The zero-order valence-electron chi connectivity index (χ0n) is 8.94. The average molecular weight is 284 g/mol. The Kier molecular flexibility index (Phi) is 2.71. The van der Waals surface area contributed by atoms with E-state index < -0.39 is 0 Å². The molecule has 1 aromatic heterocycles. The number of nitrogens with one attached hydrogen (secondary N) is 1. The lowest BCUT2D eigenvalue weighted by molar-refractivity contribution is 0.620. The first-order valence-electron chi connectivity index (χ1n) is 4.76. The summed E-state index contributed by atoms with van der Waals surface area (Å²) < 4.78 is 14.0. The van der Waals surface area contributed by atoms with E-state index in [9.17, 15) is 4.39 Å². The highest BCUT2D eigenvalue weighted by Gasteiger charge is 2.16. The summed E-state index contributed by atoms with van der Waals surface area (Å²) in [6.07, 6.45) is 1.60. The number of benzene rings is 1. The van der Waals surface area contributed by atoms with Crippen molar-refractivity contribution in [2.75, 3.05) is 5.73 Å². The van der Waals surface area contributed by atoms with Crippen molar-refractivity contribution in [3.05, 3.63) is 33.7 Å². The number of aryl methyl sites for hydroxylation is 1. The van der Waals surface area contributed by atoms with Crippen LogP contribution in [0.3, 0.4) is 0 Å². The van der Waals surface area contributed by atoms with Gasteiger partial charge in [-0.25, -0.2) is 4.39 Å². The summed E-state index contributed by atoms with van der Waals surface area (Å²) >= 11 is 3.25. The monoisotopic (exact) mass is 283 g/mol. The van der Waals surface area contributed by atoms with Crippen LogP contribution in [0.4, 0.5) is 10.2 Å². The van der Waals surface area contributed by atoms with Crippen LogP contribution in [0.25, 0.3) is 11.1 Å². The Bertz CT molecular complexity index is 522. The topological polar surface area (TPSA) is 54.7 Å². The van der Waals surface area contributed by atoms with Gasteiger partial charge in [-0.05, 0) is 47.0 Å². The van der Waals surface area contributed by atoms with Crippen LogP contribution in [-0.2, 0) is 0 Å². The zero-order valence-corrected chi connectivity index (χ0v) is 10.5. The molecule has 84 valence electrons. The van der Waals surface area contributed by atoms with Gasteiger partial charge in [-0.15, -0.1) is 0 Å². The zero-order chi connectivity index (χ0) is 11.9. The van der Waals surface area contributed by atoms with Gasteiger partial charge in [0, 0.05) is 11.1 Å². The summed E-state index contributed by atoms with van der Waals surface area (Å²) in [6, 6.07) is 1.50. The van der Waals surface area contributed by atoms with Crippen molar-refractivity contribution in [3.8, 4) is 11.1 Å². The number of nitrogens with zero attached hydrogens (tertiary/aromatic N) is 1. The predicted molar refractivity (Wildman–Crippen MR) is 65.6 cm³/mol. The van der Waals surface area contributed by atoms with Gasteiger partial charge in [-0.1, -0.05) is 0 Å². The van der Waals surface area contributed by atoms with Crippen molar-refractivity contribution in [3.63, 3.8) is 0 Å². The smallest absolute Gasteiger partial charge is 0.138 e. The Labute approximate surface area is 101 Å². The van der Waals surface area contributed by atoms with E-state index in [1.165, 1.54) is 6.07 Å². The Morgan fingerprint density at radius 2 is 2.12 bits per heavy atom. The van der Waals surface area contributed by atoms with Gasteiger partial charge in [0.1, 0.15) is 11.6 Å². The molecule has 1 heterocycles. The first-order chi connectivity index (χ1) is 7.52. The van der Waals surface area contributed by atoms with Crippen LogP contribution in [0.5, 0.6) is 0 Å². The molecule has 0 aliphatic carbocycles. The molecule has 1 aromatic carbocycles. The van der Waals surface area contributed by atoms with Crippen molar-refractivity contribution < 1.29 is 4.39 Å². The molecule has 0 atom stereocenters. The highest BCUT2D eigenvalue weighted by molar-refractivity contribution is 9.10. The molecule has 3 nitrogen and oxygen atoms in total. The highest BCUT2D eigenvalue weighted by atomic mass is 79.9. The summed E-state index contributed by atoms with van der Waals surface area (Å²) in [5.74, 6) is 0.146. The third-order valence-electron chi connectivity index (χ3n) is 2.68. The molecule has 0 saturated heterocycles. The summed E-state index contributed by atoms with van der Waals surface area (Å²) in [5, 5.41) is 6.49. The normalized spacial score (nSPS) is 10.8. The van der Waals surface area contributed by atoms with E-state index in [-0.39, 0.29) is 5.82 Å². The largest absolute Gasteiger partial charge is 0.384 e. The Morgan fingerprint density at radius 1 is 1.44 bits per heavy atom. The van der Waals surface area contributed by atoms with Crippen molar-refractivity contribution in [2.24, 2.45) is 0 Å². The Hall–Kier alpha value is -1.36. The number of rotatable bonds is 1. The Morgan fingerprint density at radius 3 is 2.69 bits per heavy atom. The maximum absolute atomic E-state index is 13.6. The van der Waals surface area contributed by atoms with E-state index in [2.05, 4.69) is 26.1 Å². The van der Waals surface area contributed by atoms with E-state index in [0.717, 1.165) is 16.7 Å². The van der Waals surface area contributed by atoms with E-state index in [4.69, 9.17) is 5.73 Å². The quantitative estimate of drug-likeness (QED) is 0.845. The van der Waals surface area contributed by atoms with E-state index >= 15 is 0 Å². The van der Waals surface area contributed by atoms with Crippen LogP contribution >= 0.6 is 15.9 Å². The minimum atomic E-state index is -0.293. The molecule has 0 saturated carbocycles. The Balaban J connectivity index is 2.79. The molecule has 0 aliphatic heterocycles. The molecule has 16 heavy (non-hydrogen) atoms. The molecule has 0 aliphatic rings. The number of nitrogen functional groups attached to an aromatic ring is 1. The summed E-state index contributed by atoms with van der Waals surface area (Å²) in [4.78, 5) is 0. The summed E-state index contributed by atoms with van der Waals surface area (Å²) in [6.45, 7) is 3.80. The minimum absolute atomic E-state index is 0.293. The van der Waals surface area contributed by atoms with Crippen molar-refractivity contribution in [1.29, 1.82) is 0 Å². The molecule has 2 rings (SSSR count). The second-order valence-electron chi connectivity index (χ2n) is 3.69. The van der Waals surface area contributed by atoms with Gasteiger partial charge in [-0.2, -0.15) is 5.10 Å². The van der Waals surface area contributed by atoms with Crippen LogP contribution in [0.2, 0.25) is 0 Å². The number of hydrogen-bond donors (Lipinski definition) is 2. The lowest BCUT2D eigenvalue weighted by Gasteiger charge is -2.11. The van der Waals surface area contributed by atoms with Crippen LogP contribution in [0.1, 0.15) is 11.1 Å². The second-order valence-corrected chi connectivity index (χ2v) is 4.48. The molecule has 0 fully saturated rings. The van der Waals surface area contributed by atoms with Gasteiger partial charge in [0.05, 0.1) is 10.7 Å². The van der Waals surface area contributed by atoms with Crippen molar-refractivity contribution in [2.45, 2.75) is 13.8 Å². The standard InChI is InChI=1S/C11H11BrFN3/c1-5-3-8(13)10(12)9(6(5)2)7-4-15-16-11(7)14/h3-4H,1-2H3,(H3,14,15,16). The molecule has 0 amide bonds. The maximum atomic E-state index is 13.6. The van der Waals surface area contributed by atoms with Crippen molar-refractivity contribution in [1.82, 2.24) is 10.2 Å². The molecule has 0 unspecified atom stereocenters. The molecular formula is C11H11BrFN3. The number of H-pyrrole nitrogens is 1. The lowest BCUT2D eigenvalue weighted by Crippen LogP contribution is -1.95. The average Bonchev–Trinajstić information content (AvgIpc) is 2.63. The molecule has 5 heteroatoms. The van der Waals surface area contributed by atoms with E-state index in [1.807, 2.05) is 13.8 Å². The number of anilines is 1. The lowest BCUT2D eigenvalue weighted by atomic mass is 9.98. The molecule has 3 N–H and O–H groups in total. The van der Waals surface area contributed by atoms with E-state index in [0.29, 0.717) is 15.9 Å².